The summed E-state index contributed by atoms with van der Waals surface area (Å²) in [6, 6.07) is 7.92. The molecule has 0 radical (unpaired) electrons. The van der Waals surface area contributed by atoms with Gasteiger partial charge in [0.1, 0.15) is 5.01 Å². The van der Waals surface area contributed by atoms with Gasteiger partial charge in [0.25, 0.3) is 0 Å². The summed E-state index contributed by atoms with van der Waals surface area (Å²) in [5.41, 5.74) is 1.12. The van der Waals surface area contributed by atoms with Crippen molar-refractivity contribution in [3.63, 3.8) is 0 Å². The lowest BCUT2D eigenvalue weighted by molar-refractivity contribution is 0.197. The Kier molecular flexibility index (Phi) is 5.13. The number of rotatable bonds is 6. The molecule has 2 aromatic rings. The fourth-order valence-electron chi connectivity index (χ4n) is 1.72. The molecule has 1 aromatic heterocycles. The van der Waals surface area contributed by atoms with Crippen LogP contribution >= 0.6 is 22.9 Å². The summed E-state index contributed by atoms with van der Waals surface area (Å²) >= 11 is 7.67. The van der Waals surface area contributed by atoms with Gasteiger partial charge in [-0.05, 0) is 17.7 Å². The molecule has 1 N–H and O–H groups in total. The van der Waals surface area contributed by atoms with Crippen LogP contribution in [0.2, 0.25) is 5.02 Å². The Bertz CT molecular complexity index is 476. The zero-order chi connectivity index (χ0) is 12.8. The van der Waals surface area contributed by atoms with Gasteiger partial charge in [-0.1, -0.05) is 23.7 Å². The Balaban J connectivity index is 2.19. The van der Waals surface area contributed by atoms with Crippen LogP contribution in [0.4, 0.5) is 0 Å². The average molecular weight is 283 g/mol. The van der Waals surface area contributed by atoms with Crippen LogP contribution in [0.5, 0.6) is 0 Å². The number of ether oxygens (including phenoxy) is 1. The van der Waals surface area contributed by atoms with Crippen LogP contribution in [0.25, 0.3) is 0 Å². The molecule has 2 rings (SSSR count). The van der Waals surface area contributed by atoms with Crippen LogP contribution < -0.4 is 5.32 Å². The molecule has 0 aliphatic heterocycles. The van der Waals surface area contributed by atoms with Crippen LogP contribution in [-0.4, -0.2) is 25.2 Å². The normalized spacial score (nSPS) is 12.6. The van der Waals surface area contributed by atoms with Crippen molar-refractivity contribution >= 4 is 22.9 Å². The second kappa shape index (κ2) is 6.85. The number of nitrogens with one attached hydrogen (secondary N) is 1. The monoisotopic (exact) mass is 282 g/mol. The molecule has 1 unspecified atom stereocenters. The highest BCUT2D eigenvalue weighted by Gasteiger charge is 2.15. The molecule has 3 nitrogen and oxygen atoms in total. The van der Waals surface area contributed by atoms with Crippen LogP contribution in [0, 0.1) is 0 Å². The van der Waals surface area contributed by atoms with Gasteiger partial charge in [-0.25, -0.2) is 4.98 Å². The van der Waals surface area contributed by atoms with Crippen molar-refractivity contribution in [3.8, 4) is 0 Å². The van der Waals surface area contributed by atoms with E-state index < -0.39 is 0 Å². The Morgan fingerprint density at radius 1 is 1.50 bits per heavy atom. The molecule has 1 heterocycles. The molecule has 0 spiro atoms. The number of halogens is 1. The molecule has 1 aromatic carbocycles. The molecule has 0 fully saturated rings. The van der Waals surface area contributed by atoms with Gasteiger partial charge in [0.15, 0.2) is 0 Å². The molecule has 5 heteroatoms. The largest absolute Gasteiger partial charge is 0.383 e. The summed E-state index contributed by atoms with van der Waals surface area (Å²) in [6.07, 6.45) is 1.82. The topological polar surface area (TPSA) is 34.1 Å². The molecule has 0 saturated carbocycles. The minimum absolute atomic E-state index is 0.0684. The van der Waals surface area contributed by atoms with Gasteiger partial charge in [-0.2, -0.15) is 0 Å². The first-order valence-corrected chi connectivity index (χ1v) is 6.94. The summed E-state index contributed by atoms with van der Waals surface area (Å²) in [5.74, 6) is 0. The van der Waals surface area contributed by atoms with Crippen LogP contribution in [-0.2, 0) is 4.74 Å². The molecule has 0 saturated heterocycles. The van der Waals surface area contributed by atoms with Gasteiger partial charge in [-0.3, -0.25) is 0 Å². The Morgan fingerprint density at radius 3 is 3.06 bits per heavy atom. The number of hydrogen-bond acceptors (Lipinski definition) is 4. The Labute approximate surface area is 116 Å². The van der Waals surface area contributed by atoms with E-state index in [2.05, 4.69) is 16.4 Å². The molecule has 0 bridgehead atoms. The van der Waals surface area contributed by atoms with E-state index in [0.29, 0.717) is 6.61 Å². The maximum absolute atomic E-state index is 6.04. The van der Waals surface area contributed by atoms with Gasteiger partial charge in [0.2, 0.25) is 0 Å². The molecule has 18 heavy (non-hydrogen) atoms. The van der Waals surface area contributed by atoms with E-state index in [9.17, 15) is 0 Å². The fraction of sp³-hybridized carbons (Fsp3) is 0.308. The third-order valence-electron chi connectivity index (χ3n) is 2.54. The third-order valence-corrected chi connectivity index (χ3v) is 3.61. The summed E-state index contributed by atoms with van der Waals surface area (Å²) in [7, 11) is 1.69. The van der Waals surface area contributed by atoms with Crippen molar-refractivity contribution in [1.29, 1.82) is 0 Å². The van der Waals surface area contributed by atoms with Gasteiger partial charge in [0.05, 0.1) is 12.6 Å². The van der Waals surface area contributed by atoms with E-state index in [4.69, 9.17) is 16.3 Å². The van der Waals surface area contributed by atoms with Gasteiger partial charge in [-0.15, -0.1) is 11.3 Å². The lowest BCUT2D eigenvalue weighted by Crippen LogP contribution is -2.25. The second-order valence-electron chi connectivity index (χ2n) is 3.81. The molecular weight excluding hydrogens is 268 g/mol. The fourth-order valence-corrected chi connectivity index (χ4v) is 2.65. The van der Waals surface area contributed by atoms with Crippen molar-refractivity contribution in [1.82, 2.24) is 10.3 Å². The smallest absolute Gasteiger partial charge is 0.114 e. The predicted molar refractivity (Wildman–Crippen MR) is 75.3 cm³/mol. The van der Waals surface area contributed by atoms with E-state index >= 15 is 0 Å². The first-order valence-electron chi connectivity index (χ1n) is 5.68. The van der Waals surface area contributed by atoms with Gasteiger partial charge in [0, 0.05) is 30.3 Å². The van der Waals surface area contributed by atoms with Gasteiger partial charge >= 0.3 is 0 Å². The van der Waals surface area contributed by atoms with E-state index in [1.807, 2.05) is 29.8 Å². The SMILES string of the molecule is COCCNC(c1cccc(Cl)c1)c1nccs1. The number of nitrogens with zero attached hydrogens (tertiary/aromatic N) is 1. The molecule has 0 amide bonds. The van der Waals surface area contributed by atoms with Crippen molar-refractivity contribution < 1.29 is 4.74 Å². The maximum Gasteiger partial charge on any atom is 0.114 e. The molecule has 0 aliphatic carbocycles. The minimum Gasteiger partial charge on any atom is -0.383 e. The van der Waals surface area contributed by atoms with Crippen LogP contribution in [0.3, 0.4) is 0 Å². The van der Waals surface area contributed by atoms with Gasteiger partial charge < -0.3 is 10.1 Å². The van der Waals surface area contributed by atoms with Crippen LogP contribution in [0.1, 0.15) is 16.6 Å². The lowest BCUT2D eigenvalue weighted by atomic mass is 10.1. The van der Waals surface area contributed by atoms with Crippen molar-refractivity contribution in [2.45, 2.75) is 6.04 Å². The summed E-state index contributed by atoms with van der Waals surface area (Å²) in [4.78, 5) is 4.37. The first kappa shape index (κ1) is 13.5. The van der Waals surface area contributed by atoms with E-state index in [1.54, 1.807) is 18.4 Å². The quantitative estimate of drug-likeness (QED) is 0.827. The number of methoxy groups -OCH3 is 1. The summed E-state index contributed by atoms with van der Waals surface area (Å²) < 4.78 is 5.06. The standard InChI is InChI=1S/C13H15ClN2OS/c1-17-7-5-15-12(13-16-6-8-18-13)10-3-2-4-11(14)9-10/h2-4,6,8-9,12,15H,5,7H2,1H3. The molecule has 1 atom stereocenters. The van der Waals surface area contributed by atoms with E-state index in [0.717, 1.165) is 22.1 Å². The lowest BCUT2D eigenvalue weighted by Gasteiger charge is -2.17. The molecule has 96 valence electrons. The Hall–Kier alpha value is -0.940. The summed E-state index contributed by atoms with van der Waals surface area (Å²) in [6.45, 7) is 1.44. The first-order chi connectivity index (χ1) is 8.81. The van der Waals surface area contributed by atoms with Crippen molar-refractivity contribution in [2.75, 3.05) is 20.3 Å². The van der Waals surface area contributed by atoms with Crippen molar-refractivity contribution in [2.24, 2.45) is 0 Å². The Morgan fingerprint density at radius 2 is 2.39 bits per heavy atom. The highest BCUT2D eigenvalue weighted by molar-refractivity contribution is 7.09. The van der Waals surface area contributed by atoms with Crippen molar-refractivity contribution in [3.05, 3.63) is 51.4 Å². The van der Waals surface area contributed by atoms with E-state index in [-0.39, 0.29) is 6.04 Å². The number of thiazole rings is 1. The number of aromatic nitrogens is 1. The maximum atomic E-state index is 6.04. The summed E-state index contributed by atoms with van der Waals surface area (Å²) in [5, 5.41) is 7.18. The van der Waals surface area contributed by atoms with E-state index in [1.165, 1.54) is 0 Å². The third kappa shape index (κ3) is 3.53. The second-order valence-corrected chi connectivity index (χ2v) is 5.17. The number of hydrogen-bond donors (Lipinski definition) is 1. The minimum atomic E-state index is 0.0684. The number of benzene rings is 1. The molecule has 0 aliphatic rings. The predicted octanol–water partition coefficient (Wildman–Crippen LogP) is 3.12. The highest BCUT2D eigenvalue weighted by atomic mass is 35.5. The molecular formula is C13H15ClN2OS. The average Bonchev–Trinajstić information content (AvgIpc) is 2.88. The zero-order valence-electron chi connectivity index (χ0n) is 10.1. The highest BCUT2D eigenvalue weighted by Crippen LogP contribution is 2.25. The van der Waals surface area contributed by atoms with Crippen LogP contribution in [0.15, 0.2) is 35.8 Å². The zero-order valence-corrected chi connectivity index (χ0v) is 11.7.